The molecule has 1 fully saturated rings. The molecule has 2 aromatic rings. The molecule has 8 nitrogen and oxygen atoms in total. The molecule has 0 saturated carbocycles. The summed E-state index contributed by atoms with van der Waals surface area (Å²) < 4.78 is 7.41. The molecule has 0 aromatic carbocycles. The van der Waals surface area contributed by atoms with E-state index in [-0.39, 0.29) is 12.5 Å². The number of ether oxygens (including phenoxy) is 1. The molecule has 1 N–H and O–H groups in total. The summed E-state index contributed by atoms with van der Waals surface area (Å²) in [5.41, 5.74) is 1.84. The Kier molecular flexibility index (Phi) is 3.57. The molecular formula is C17H18N4O4. The Morgan fingerprint density at radius 3 is 2.72 bits per heavy atom. The molecule has 2 aliphatic rings. The van der Waals surface area contributed by atoms with E-state index in [0.29, 0.717) is 37.1 Å². The van der Waals surface area contributed by atoms with Gasteiger partial charge in [-0.25, -0.2) is 4.79 Å². The third kappa shape index (κ3) is 2.68. The maximum absolute atomic E-state index is 12.8. The highest BCUT2D eigenvalue weighted by atomic mass is 16.5. The number of fused-ring (bicyclic) bond motifs is 1. The summed E-state index contributed by atoms with van der Waals surface area (Å²) in [5, 5.41) is 13.2. The fourth-order valence-corrected chi connectivity index (χ4v) is 3.45. The average Bonchev–Trinajstić information content (AvgIpc) is 3.19. The van der Waals surface area contributed by atoms with Crippen LogP contribution in [-0.4, -0.2) is 61.9 Å². The van der Waals surface area contributed by atoms with Crippen LogP contribution in [0.3, 0.4) is 0 Å². The Labute approximate surface area is 143 Å². The van der Waals surface area contributed by atoms with Crippen molar-refractivity contribution in [2.45, 2.75) is 18.4 Å². The van der Waals surface area contributed by atoms with Crippen LogP contribution in [0, 0.1) is 0 Å². The van der Waals surface area contributed by atoms with E-state index in [0.717, 1.165) is 11.0 Å². The zero-order valence-corrected chi connectivity index (χ0v) is 13.8. The Morgan fingerprint density at radius 1 is 1.28 bits per heavy atom. The topological polar surface area (TPSA) is 97.6 Å². The first-order valence-corrected chi connectivity index (χ1v) is 8.13. The first-order valence-electron chi connectivity index (χ1n) is 8.13. The van der Waals surface area contributed by atoms with Gasteiger partial charge in [-0.05, 0) is 25.0 Å². The van der Waals surface area contributed by atoms with E-state index in [1.165, 1.54) is 0 Å². The number of carboxylic acid groups (broad SMARTS) is 1. The molecule has 0 bridgehead atoms. The van der Waals surface area contributed by atoms with Crippen molar-refractivity contribution in [2.24, 2.45) is 7.05 Å². The molecule has 4 heterocycles. The number of amides is 1. The van der Waals surface area contributed by atoms with Crippen LogP contribution in [0.15, 0.2) is 30.1 Å². The Balaban J connectivity index is 1.49. The Hall–Kier alpha value is -2.74. The quantitative estimate of drug-likeness (QED) is 0.874. The van der Waals surface area contributed by atoms with Gasteiger partial charge in [0.15, 0.2) is 0 Å². The molecule has 0 radical (unpaired) electrons. The second-order valence-electron chi connectivity index (χ2n) is 6.52. The molecule has 0 atom stereocenters. The van der Waals surface area contributed by atoms with Gasteiger partial charge in [0.2, 0.25) is 0 Å². The van der Waals surface area contributed by atoms with Gasteiger partial charge in [-0.3, -0.25) is 14.5 Å². The summed E-state index contributed by atoms with van der Waals surface area (Å²) in [4.78, 5) is 29.9. The number of piperidine rings is 1. The minimum atomic E-state index is -0.939. The number of carbonyl (C=O) groups is 2. The fraction of sp³-hybridized carbons (Fsp3) is 0.412. The monoisotopic (exact) mass is 342 g/mol. The molecule has 0 aliphatic carbocycles. The number of aromatic nitrogens is 3. The summed E-state index contributed by atoms with van der Waals surface area (Å²) in [6.07, 6.45) is 6.14. The van der Waals surface area contributed by atoms with E-state index < -0.39 is 11.6 Å². The van der Waals surface area contributed by atoms with Crippen molar-refractivity contribution >= 4 is 22.9 Å². The minimum Gasteiger partial charge on any atom is -0.478 e. The largest absolute Gasteiger partial charge is 0.478 e. The highest BCUT2D eigenvalue weighted by molar-refractivity contribution is 5.96. The Bertz CT molecular complexity index is 893. The lowest BCUT2D eigenvalue weighted by atomic mass is 9.90. The van der Waals surface area contributed by atoms with Crippen molar-refractivity contribution in [3.05, 3.63) is 35.7 Å². The second kappa shape index (κ2) is 5.66. The number of aliphatic carboxylic acids is 1. The van der Waals surface area contributed by atoms with Gasteiger partial charge >= 0.3 is 5.97 Å². The summed E-state index contributed by atoms with van der Waals surface area (Å²) in [7, 11) is 1.81. The molecule has 130 valence electrons. The lowest BCUT2D eigenvalue weighted by molar-refractivity contribution is -0.133. The van der Waals surface area contributed by atoms with Crippen LogP contribution >= 0.6 is 0 Å². The number of aryl methyl sites for hydroxylation is 1. The predicted octanol–water partition coefficient (Wildman–Crippen LogP) is 0.984. The highest BCUT2D eigenvalue weighted by Gasteiger charge is 2.40. The number of hydrogen-bond donors (Lipinski definition) is 1. The van der Waals surface area contributed by atoms with Crippen LogP contribution in [-0.2, 0) is 16.6 Å². The van der Waals surface area contributed by atoms with Crippen molar-refractivity contribution in [1.82, 2.24) is 19.7 Å². The van der Waals surface area contributed by atoms with Gasteiger partial charge in [0, 0.05) is 26.3 Å². The lowest BCUT2D eigenvalue weighted by Gasteiger charge is -2.37. The smallest absolute Gasteiger partial charge is 0.333 e. The van der Waals surface area contributed by atoms with E-state index >= 15 is 0 Å². The lowest BCUT2D eigenvalue weighted by Crippen LogP contribution is -2.46. The molecule has 2 aliphatic heterocycles. The zero-order chi connectivity index (χ0) is 17.6. The van der Waals surface area contributed by atoms with Gasteiger partial charge in [-0.2, -0.15) is 5.10 Å². The number of carbonyl (C=O) groups excluding carboxylic acids is 1. The van der Waals surface area contributed by atoms with Crippen molar-refractivity contribution < 1.29 is 19.4 Å². The van der Waals surface area contributed by atoms with E-state index in [1.54, 1.807) is 34.1 Å². The van der Waals surface area contributed by atoms with Crippen molar-refractivity contribution in [1.29, 1.82) is 0 Å². The van der Waals surface area contributed by atoms with E-state index in [2.05, 4.69) is 10.1 Å². The van der Waals surface area contributed by atoms with Crippen LogP contribution in [0.2, 0.25) is 0 Å². The van der Waals surface area contributed by atoms with Gasteiger partial charge in [-0.15, -0.1) is 0 Å². The third-order valence-corrected chi connectivity index (χ3v) is 4.97. The molecule has 8 heteroatoms. The minimum absolute atomic E-state index is 0.0779. The highest BCUT2D eigenvalue weighted by Crippen LogP contribution is 2.34. The third-order valence-electron chi connectivity index (χ3n) is 4.97. The maximum Gasteiger partial charge on any atom is 0.333 e. The van der Waals surface area contributed by atoms with Gasteiger partial charge in [0.05, 0.1) is 35.1 Å². The summed E-state index contributed by atoms with van der Waals surface area (Å²) in [6, 6.07) is 1.80. The number of nitrogens with zero attached hydrogens (tertiary/aromatic N) is 4. The number of likely N-dealkylation sites (tertiary alicyclic amines) is 1. The van der Waals surface area contributed by atoms with Gasteiger partial charge in [0.1, 0.15) is 5.52 Å². The average molecular weight is 342 g/mol. The second-order valence-corrected chi connectivity index (χ2v) is 6.52. The normalized spacial score (nSPS) is 19.4. The fourth-order valence-electron chi connectivity index (χ4n) is 3.45. The van der Waals surface area contributed by atoms with Gasteiger partial charge in [0.25, 0.3) is 5.91 Å². The SMILES string of the molecule is Cn1ncc2ncc(C(=O)N3CCC4(C=C(C(=O)O)CO4)CC3)cc21. The number of rotatable bonds is 2. The predicted molar refractivity (Wildman–Crippen MR) is 88.0 cm³/mol. The molecule has 2 aromatic heterocycles. The van der Waals surface area contributed by atoms with Crippen molar-refractivity contribution in [3.8, 4) is 0 Å². The Morgan fingerprint density at radius 2 is 2.04 bits per heavy atom. The molecule has 1 spiro atoms. The number of hydrogen-bond acceptors (Lipinski definition) is 5. The maximum atomic E-state index is 12.8. The molecule has 1 saturated heterocycles. The summed E-state index contributed by atoms with van der Waals surface area (Å²) in [6.45, 7) is 1.17. The first kappa shape index (κ1) is 15.8. The molecule has 0 unspecified atom stereocenters. The molecule has 1 amide bonds. The van der Waals surface area contributed by atoms with Gasteiger partial charge < -0.3 is 14.7 Å². The van der Waals surface area contributed by atoms with E-state index in [4.69, 9.17) is 9.84 Å². The van der Waals surface area contributed by atoms with Crippen LogP contribution < -0.4 is 0 Å². The van der Waals surface area contributed by atoms with Crippen LogP contribution in [0.1, 0.15) is 23.2 Å². The standard InChI is InChI=1S/C17H18N4O4/c1-20-14-6-11(8-18-13(14)9-19-20)15(22)21-4-2-17(3-5-21)7-12(10-25-17)16(23)24/h6-9H,2-5,10H2,1H3,(H,23,24). The first-order chi connectivity index (χ1) is 12.0. The molecule has 4 rings (SSSR count). The van der Waals surface area contributed by atoms with Crippen molar-refractivity contribution in [2.75, 3.05) is 19.7 Å². The van der Waals surface area contributed by atoms with Gasteiger partial charge in [-0.1, -0.05) is 0 Å². The molecule has 25 heavy (non-hydrogen) atoms. The zero-order valence-electron chi connectivity index (χ0n) is 13.8. The van der Waals surface area contributed by atoms with E-state index in [1.807, 2.05) is 7.05 Å². The number of carboxylic acids is 1. The summed E-state index contributed by atoms with van der Waals surface area (Å²) >= 11 is 0. The van der Waals surface area contributed by atoms with Crippen LogP contribution in [0.5, 0.6) is 0 Å². The van der Waals surface area contributed by atoms with Crippen LogP contribution in [0.4, 0.5) is 0 Å². The van der Waals surface area contributed by atoms with Crippen molar-refractivity contribution in [3.63, 3.8) is 0 Å². The van der Waals surface area contributed by atoms with Crippen LogP contribution in [0.25, 0.3) is 11.0 Å². The summed E-state index contributed by atoms with van der Waals surface area (Å²) in [5.74, 6) is -1.02. The number of pyridine rings is 1. The molecular weight excluding hydrogens is 324 g/mol. The van der Waals surface area contributed by atoms with E-state index in [9.17, 15) is 9.59 Å².